The molecule has 0 N–H and O–H groups in total. The first-order chi connectivity index (χ1) is 9.39. The maximum atomic E-state index is 11.7. The smallest absolute Gasteiger partial charge is 0.272 e. The Morgan fingerprint density at radius 2 is 2.05 bits per heavy atom. The van der Waals surface area contributed by atoms with E-state index in [2.05, 4.69) is 0 Å². The first-order valence-corrected chi connectivity index (χ1v) is 8.65. The van der Waals surface area contributed by atoms with Gasteiger partial charge in [0.15, 0.2) is 9.84 Å². The normalized spacial score (nSPS) is 15.6. The van der Waals surface area contributed by atoms with Gasteiger partial charge >= 0.3 is 5.37 Å². The predicted octanol–water partition coefficient (Wildman–Crippen LogP) is 3.71. The molecule has 108 valence electrons. The van der Waals surface area contributed by atoms with Crippen LogP contribution in [0.15, 0.2) is 40.9 Å². The van der Waals surface area contributed by atoms with E-state index in [1.807, 2.05) is 6.08 Å². The summed E-state index contributed by atoms with van der Waals surface area (Å²) in [5, 5.41) is -0.621. The van der Waals surface area contributed by atoms with Crippen LogP contribution in [0, 0.1) is 0 Å². The van der Waals surface area contributed by atoms with E-state index in [9.17, 15) is 13.2 Å². The molecule has 1 amide bonds. The van der Waals surface area contributed by atoms with Crippen molar-refractivity contribution < 1.29 is 13.2 Å². The zero-order chi connectivity index (χ0) is 14.8. The third-order valence-electron chi connectivity index (χ3n) is 3.23. The van der Waals surface area contributed by atoms with Crippen LogP contribution in [0.25, 0.3) is 0 Å². The lowest BCUT2D eigenvalue weighted by atomic mass is 10.0. The number of carbonyl (C=O) groups is 1. The number of hydrogen-bond donors (Lipinski definition) is 0. The quantitative estimate of drug-likeness (QED) is 0.631. The molecule has 0 saturated heterocycles. The zero-order valence-corrected chi connectivity index (χ0v) is 12.7. The van der Waals surface area contributed by atoms with Crippen LogP contribution in [-0.4, -0.2) is 20.0 Å². The molecule has 0 aliphatic heterocycles. The number of sulfone groups is 1. The fourth-order valence-electron chi connectivity index (χ4n) is 2.26. The molecule has 0 fully saturated rings. The number of amides is 1. The maximum absolute atomic E-state index is 11.7. The fourth-order valence-corrected chi connectivity index (χ4v) is 3.12. The summed E-state index contributed by atoms with van der Waals surface area (Å²) in [5.74, 6) is 0. The Morgan fingerprint density at radius 1 is 1.30 bits per heavy atom. The number of hydrogen-bond acceptors (Lipinski definition) is 3. The van der Waals surface area contributed by atoms with Crippen molar-refractivity contribution in [1.29, 1.82) is 0 Å². The second-order valence-corrected chi connectivity index (χ2v) is 7.14. The van der Waals surface area contributed by atoms with E-state index in [-0.39, 0.29) is 4.90 Å². The van der Waals surface area contributed by atoms with Gasteiger partial charge in [0, 0.05) is 12.0 Å². The molecule has 0 bridgehead atoms. The predicted molar refractivity (Wildman–Crippen MR) is 79.8 cm³/mol. The summed E-state index contributed by atoms with van der Waals surface area (Å²) >= 11 is 5.68. The highest BCUT2D eigenvalue weighted by Gasteiger charge is 2.21. The molecule has 2 rings (SSSR count). The lowest BCUT2D eigenvalue weighted by Gasteiger charge is -2.25. The number of rotatable bonds is 3. The van der Waals surface area contributed by atoms with E-state index in [4.69, 9.17) is 11.6 Å². The first-order valence-electron chi connectivity index (χ1n) is 6.38. The molecule has 1 aliphatic rings. The molecule has 0 unspecified atom stereocenters. The standard InChI is InChI=1S/C14H16ClNO3S/c1-20(18,19)13-9-5-8-12(10-13)16(14(15)17)11-6-3-2-4-7-11/h5-6,8-10H,2-4,7H2,1H3. The third kappa shape index (κ3) is 3.41. The molecule has 0 saturated carbocycles. The molecule has 1 aliphatic carbocycles. The Morgan fingerprint density at radius 3 is 2.60 bits per heavy atom. The van der Waals surface area contributed by atoms with Crippen LogP contribution < -0.4 is 4.90 Å². The summed E-state index contributed by atoms with van der Waals surface area (Å²) in [6, 6.07) is 6.28. The van der Waals surface area contributed by atoms with Gasteiger partial charge in [-0.15, -0.1) is 0 Å². The van der Waals surface area contributed by atoms with Crippen LogP contribution in [0.3, 0.4) is 0 Å². The van der Waals surface area contributed by atoms with Crippen molar-refractivity contribution in [3.05, 3.63) is 36.0 Å². The molecule has 20 heavy (non-hydrogen) atoms. The Kier molecular flexibility index (Phi) is 4.50. The van der Waals surface area contributed by atoms with Crippen molar-refractivity contribution in [2.75, 3.05) is 11.2 Å². The van der Waals surface area contributed by atoms with Gasteiger partial charge in [0.1, 0.15) is 0 Å². The number of carbonyl (C=O) groups excluding carboxylic acids is 1. The fraction of sp³-hybridized carbons (Fsp3) is 0.357. The third-order valence-corrected chi connectivity index (χ3v) is 4.51. The van der Waals surface area contributed by atoms with Gasteiger partial charge in [0.25, 0.3) is 0 Å². The Labute approximate surface area is 124 Å². The van der Waals surface area contributed by atoms with Gasteiger partial charge in [-0.1, -0.05) is 12.1 Å². The minimum atomic E-state index is -3.32. The summed E-state index contributed by atoms with van der Waals surface area (Å²) in [4.78, 5) is 13.3. The summed E-state index contributed by atoms with van der Waals surface area (Å²) in [7, 11) is -3.32. The van der Waals surface area contributed by atoms with E-state index in [1.165, 1.54) is 17.0 Å². The molecule has 1 aromatic carbocycles. The van der Waals surface area contributed by atoms with Gasteiger partial charge in [-0.25, -0.2) is 8.42 Å². The summed E-state index contributed by atoms with van der Waals surface area (Å²) < 4.78 is 23.2. The van der Waals surface area contributed by atoms with Gasteiger partial charge in [0.05, 0.1) is 10.6 Å². The van der Waals surface area contributed by atoms with Gasteiger partial charge in [-0.05, 0) is 55.5 Å². The molecular weight excluding hydrogens is 298 g/mol. The average Bonchev–Trinajstić information content (AvgIpc) is 2.39. The van der Waals surface area contributed by atoms with Gasteiger partial charge in [0.2, 0.25) is 0 Å². The average molecular weight is 314 g/mol. The van der Waals surface area contributed by atoms with Crippen molar-refractivity contribution in [1.82, 2.24) is 0 Å². The van der Waals surface area contributed by atoms with Crippen LogP contribution in [-0.2, 0) is 9.84 Å². The number of nitrogens with zero attached hydrogens (tertiary/aromatic N) is 1. The van der Waals surface area contributed by atoms with Crippen LogP contribution in [0.2, 0.25) is 0 Å². The Hall–Kier alpha value is -1.33. The number of benzene rings is 1. The maximum Gasteiger partial charge on any atom is 0.325 e. The van der Waals surface area contributed by atoms with Crippen molar-refractivity contribution in [3.8, 4) is 0 Å². The van der Waals surface area contributed by atoms with Crippen LogP contribution in [0.4, 0.5) is 10.5 Å². The summed E-state index contributed by atoms with van der Waals surface area (Å²) in [6.07, 6.45) is 6.88. The second kappa shape index (κ2) is 5.97. The van der Waals surface area contributed by atoms with Crippen molar-refractivity contribution in [3.63, 3.8) is 0 Å². The van der Waals surface area contributed by atoms with Crippen molar-refractivity contribution >= 4 is 32.5 Å². The van der Waals surface area contributed by atoms with E-state index in [1.54, 1.807) is 12.1 Å². The van der Waals surface area contributed by atoms with Crippen LogP contribution >= 0.6 is 11.6 Å². The van der Waals surface area contributed by atoms with E-state index >= 15 is 0 Å². The Balaban J connectivity index is 2.45. The Bertz CT molecular complexity index is 652. The molecule has 6 heteroatoms. The largest absolute Gasteiger partial charge is 0.325 e. The molecular formula is C14H16ClNO3S. The highest BCUT2D eigenvalue weighted by atomic mass is 35.5. The zero-order valence-electron chi connectivity index (χ0n) is 11.2. The topological polar surface area (TPSA) is 54.5 Å². The van der Waals surface area contributed by atoms with E-state index in [0.717, 1.165) is 37.6 Å². The molecule has 0 heterocycles. The van der Waals surface area contributed by atoms with Gasteiger partial charge < -0.3 is 0 Å². The van der Waals surface area contributed by atoms with Gasteiger partial charge in [-0.3, -0.25) is 9.69 Å². The SMILES string of the molecule is CS(=O)(=O)c1cccc(N(C(=O)Cl)C2=CCCCC2)c1. The number of allylic oxidation sites excluding steroid dienone is 2. The molecule has 0 radical (unpaired) electrons. The lowest BCUT2D eigenvalue weighted by Crippen LogP contribution is -2.26. The van der Waals surface area contributed by atoms with E-state index in [0.29, 0.717) is 5.69 Å². The van der Waals surface area contributed by atoms with Crippen molar-refractivity contribution in [2.24, 2.45) is 0 Å². The molecule has 0 aromatic heterocycles. The minimum Gasteiger partial charge on any atom is -0.272 e. The molecule has 1 aromatic rings. The molecule has 0 spiro atoms. The second-order valence-electron chi connectivity index (χ2n) is 4.80. The molecule has 4 nitrogen and oxygen atoms in total. The first kappa shape index (κ1) is 15.1. The molecule has 0 atom stereocenters. The lowest BCUT2D eigenvalue weighted by molar-refractivity contribution is 0.265. The van der Waals surface area contributed by atoms with Crippen LogP contribution in [0.1, 0.15) is 25.7 Å². The number of anilines is 1. The van der Waals surface area contributed by atoms with E-state index < -0.39 is 15.2 Å². The summed E-state index contributed by atoms with van der Waals surface area (Å²) in [6.45, 7) is 0. The van der Waals surface area contributed by atoms with Gasteiger partial charge in [-0.2, -0.15) is 0 Å². The summed E-state index contributed by atoms with van der Waals surface area (Å²) in [5.41, 5.74) is 1.32. The number of halogens is 1. The highest BCUT2D eigenvalue weighted by molar-refractivity contribution is 7.90. The monoisotopic (exact) mass is 313 g/mol. The highest BCUT2D eigenvalue weighted by Crippen LogP contribution is 2.29. The van der Waals surface area contributed by atoms with Crippen molar-refractivity contribution in [2.45, 2.75) is 30.6 Å². The van der Waals surface area contributed by atoms with Crippen LogP contribution in [0.5, 0.6) is 0 Å². The minimum absolute atomic E-state index is 0.175.